The number of benzene rings is 3. The van der Waals surface area contributed by atoms with E-state index in [9.17, 15) is 14.3 Å². The van der Waals surface area contributed by atoms with Crippen LogP contribution in [0.5, 0.6) is 11.5 Å². The number of phosphoric acid groups is 1. The molecule has 8 nitrogen and oxygen atoms in total. The van der Waals surface area contributed by atoms with E-state index in [-0.39, 0.29) is 24.2 Å². The molecule has 0 aliphatic carbocycles. The highest BCUT2D eigenvalue weighted by molar-refractivity contribution is 8.76. The number of nitrogens with two attached hydrogens (primary N) is 1. The van der Waals surface area contributed by atoms with E-state index in [0.717, 1.165) is 27.8 Å². The summed E-state index contributed by atoms with van der Waals surface area (Å²) in [5, 5.41) is 2.00. The highest BCUT2D eigenvalue weighted by Crippen LogP contribution is 2.43. The third kappa shape index (κ3) is 9.57. The van der Waals surface area contributed by atoms with Crippen LogP contribution in [-0.2, 0) is 18.4 Å². The van der Waals surface area contributed by atoms with Crippen LogP contribution in [0.1, 0.15) is 30.9 Å². The summed E-state index contributed by atoms with van der Waals surface area (Å²) in [4.78, 5) is 22.3. The first-order valence-electron chi connectivity index (χ1n) is 11.8. The molecule has 0 spiro atoms. The normalized spacial score (nSPS) is 13.6. The quantitative estimate of drug-likeness (QED) is 0.0530. The molecule has 38 heavy (non-hydrogen) atoms. The number of rotatable bonds is 15. The molecule has 12 heteroatoms. The Kier molecular flexibility index (Phi) is 11.9. The van der Waals surface area contributed by atoms with Crippen molar-refractivity contribution < 1.29 is 32.8 Å². The minimum Gasteiger partial charge on any atom is -0.493 e. The first-order valence-corrected chi connectivity index (χ1v) is 16.2. The van der Waals surface area contributed by atoms with E-state index in [1.165, 1.54) is 10.8 Å². The van der Waals surface area contributed by atoms with Crippen LogP contribution in [0.15, 0.2) is 60.7 Å². The van der Waals surface area contributed by atoms with Crippen LogP contribution in [0.25, 0.3) is 10.8 Å². The van der Waals surface area contributed by atoms with Gasteiger partial charge in [0.2, 0.25) is 0 Å². The van der Waals surface area contributed by atoms with Crippen molar-refractivity contribution in [2.45, 2.75) is 19.8 Å². The predicted molar refractivity (Wildman–Crippen MR) is 158 cm³/mol. The van der Waals surface area contributed by atoms with Crippen molar-refractivity contribution in [2.24, 2.45) is 5.73 Å². The summed E-state index contributed by atoms with van der Waals surface area (Å²) in [6.07, 6.45) is 0. The van der Waals surface area contributed by atoms with Crippen molar-refractivity contribution in [3.63, 3.8) is 0 Å². The molecule has 0 saturated heterocycles. The molecule has 0 saturated carbocycles. The van der Waals surface area contributed by atoms with Gasteiger partial charge < -0.3 is 20.1 Å². The van der Waals surface area contributed by atoms with Crippen LogP contribution < -0.4 is 15.2 Å². The molecule has 2 atom stereocenters. The second kappa shape index (κ2) is 14.9. The molecule has 3 N–H and O–H groups in total. The molecule has 204 valence electrons. The molecule has 0 aliphatic rings. The molecule has 0 aromatic heterocycles. The van der Waals surface area contributed by atoms with Crippen molar-refractivity contribution in [2.75, 3.05) is 31.3 Å². The molecule has 0 fully saturated rings. The van der Waals surface area contributed by atoms with E-state index >= 15 is 0 Å². The Morgan fingerprint density at radius 3 is 2.29 bits per heavy atom. The van der Waals surface area contributed by atoms with Gasteiger partial charge in [0.05, 0.1) is 25.7 Å². The summed E-state index contributed by atoms with van der Waals surface area (Å²) < 4.78 is 32.3. The average Bonchev–Trinajstić information content (AvgIpc) is 2.89. The van der Waals surface area contributed by atoms with E-state index in [1.54, 1.807) is 42.0 Å². The van der Waals surface area contributed by atoms with Crippen molar-refractivity contribution in [1.82, 2.24) is 0 Å². The predicted octanol–water partition coefficient (Wildman–Crippen LogP) is 6.10. The zero-order valence-corrected chi connectivity index (χ0v) is 24.4. The fourth-order valence-corrected chi connectivity index (χ4v) is 5.96. The minimum atomic E-state index is -3.92. The number of hydrogen-bond acceptors (Lipinski definition) is 9. The van der Waals surface area contributed by atoms with E-state index in [4.69, 9.17) is 31.9 Å². The summed E-state index contributed by atoms with van der Waals surface area (Å²) in [5.74, 6) is 1.69. The van der Waals surface area contributed by atoms with Gasteiger partial charge in [-0.05, 0) is 66.6 Å². The van der Waals surface area contributed by atoms with Crippen molar-refractivity contribution in [3.05, 3.63) is 71.8 Å². The topological polar surface area (TPSA) is 117 Å². The number of fused-ring (bicyclic) bond motifs is 1. The molecular formula is C26H30NO7PS3. The summed E-state index contributed by atoms with van der Waals surface area (Å²) in [6, 6.07) is 18.5. The van der Waals surface area contributed by atoms with Gasteiger partial charge in [-0.2, -0.15) is 0 Å². The first kappa shape index (κ1) is 30.4. The van der Waals surface area contributed by atoms with Gasteiger partial charge in [-0.25, -0.2) is 4.57 Å². The van der Waals surface area contributed by atoms with Crippen LogP contribution in [0.2, 0.25) is 0 Å². The number of hydrogen-bond donors (Lipinski definition) is 2. The van der Waals surface area contributed by atoms with Crippen LogP contribution in [0, 0.1) is 0 Å². The Hall–Kier alpha value is -2.11. The maximum Gasteiger partial charge on any atom is 0.472 e. The highest BCUT2D eigenvalue weighted by Gasteiger charge is 2.19. The Labute approximate surface area is 235 Å². The maximum absolute atomic E-state index is 12.7. The number of thiocarbonyl (C=S) groups is 1. The number of ether oxygens (including phenoxy) is 2. The molecule has 3 aromatic rings. The third-order valence-corrected chi connectivity index (χ3v) is 8.94. The van der Waals surface area contributed by atoms with E-state index in [0.29, 0.717) is 23.7 Å². The Bertz CT molecular complexity index is 1290. The van der Waals surface area contributed by atoms with Gasteiger partial charge in [0.15, 0.2) is 0 Å². The van der Waals surface area contributed by atoms with Gasteiger partial charge in [-0.15, -0.1) is 0 Å². The van der Waals surface area contributed by atoms with Gasteiger partial charge in [0, 0.05) is 17.1 Å². The minimum absolute atomic E-state index is 0.124. The van der Waals surface area contributed by atoms with Crippen LogP contribution >= 0.6 is 41.6 Å². The van der Waals surface area contributed by atoms with E-state index < -0.39 is 13.7 Å². The van der Waals surface area contributed by atoms with Crippen molar-refractivity contribution >= 4 is 63.4 Å². The zero-order chi connectivity index (χ0) is 27.5. The maximum atomic E-state index is 12.7. The lowest BCUT2D eigenvalue weighted by Gasteiger charge is -2.13. The molecule has 3 rings (SSSR count). The molecule has 0 amide bonds. The van der Waals surface area contributed by atoms with Gasteiger partial charge in [0.25, 0.3) is 0 Å². The second-order valence-electron chi connectivity index (χ2n) is 8.01. The van der Waals surface area contributed by atoms with E-state index in [1.807, 2.05) is 43.3 Å². The second-order valence-corrected chi connectivity index (χ2v) is 12.6. The highest BCUT2D eigenvalue weighted by atomic mass is 33.1. The SMILES string of the molecule is CCOP(=O)(O)OCCSSCCOc1ccc2cc(C(C)C(=O)Oc3ccc(C(N)=S)cc3)ccc2c1. The zero-order valence-electron chi connectivity index (χ0n) is 21.0. The molecule has 2 unspecified atom stereocenters. The standard InChI is InChI=1S/C26H30NO7PS3/c1-3-32-35(29,30)33-13-15-38-37-14-12-31-24-11-8-21-16-20(4-5-22(21)17-24)18(2)26(28)34-23-9-6-19(7-10-23)25(27)36/h4-11,16-18H,3,12-15H2,1-2H3,(H2,27,36)(H,29,30). The average molecular weight is 596 g/mol. The molecule has 0 bridgehead atoms. The Morgan fingerprint density at radius 1 is 0.974 bits per heavy atom. The summed E-state index contributed by atoms with van der Waals surface area (Å²) >= 11 is 4.94. The lowest BCUT2D eigenvalue weighted by atomic mass is 9.98. The fraction of sp³-hybridized carbons (Fsp3) is 0.308. The number of phosphoric ester groups is 1. The number of esters is 1. The number of carbonyl (C=O) groups is 1. The van der Waals surface area contributed by atoms with E-state index in [2.05, 4.69) is 4.52 Å². The van der Waals surface area contributed by atoms with Crippen molar-refractivity contribution in [3.8, 4) is 11.5 Å². The summed E-state index contributed by atoms with van der Waals surface area (Å²) in [6.45, 7) is 4.21. The smallest absolute Gasteiger partial charge is 0.472 e. The Morgan fingerprint density at radius 2 is 1.61 bits per heavy atom. The Balaban J connectivity index is 1.45. The number of carbonyl (C=O) groups excluding carboxylic acids is 1. The first-order chi connectivity index (χ1) is 18.2. The summed E-state index contributed by atoms with van der Waals surface area (Å²) in [7, 11) is -0.795. The third-order valence-electron chi connectivity index (χ3n) is 5.28. The van der Waals surface area contributed by atoms with Gasteiger partial charge in [-0.3, -0.25) is 13.8 Å². The van der Waals surface area contributed by atoms with Crippen LogP contribution in [0.3, 0.4) is 0 Å². The monoisotopic (exact) mass is 595 g/mol. The fourth-order valence-electron chi connectivity index (χ4n) is 3.33. The van der Waals surface area contributed by atoms with Crippen LogP contribution in [-0.4, -0.2) is 47.2 Å². The molecular weight excluding hydrogens is 565 g/mol. The van der Waals surface area contributed by atoms with Gasteiger partial charge in [0.1, 0.15) is 16.5 Å². The molecule has 0 heterocycles. The largest absolute Gasteiger partial charge is 0.493 e. The summed E-state index contributed by atoms with van der Waals surface area (Å²) in [5.41, 5.74) is 7.17. The lowest BCUT2D eigenvalue weighted by Crippen LogP contribution is -2.16. The molecule has 3 aromatic carbocycles. The van der Waals surface area contributed by atoms with Crippen LogP contribution in [0.4, 0.5) is 0 Å². The van der Waals surface area contributed by atoms with Crippen molar-refractivity contribution in [1.29, 1.82) is 0 Å². The molecule has 0 aliphatic heterocycles. The van der Waals surface area contributed by atoms with Gasteiger partial charge >= 0.3 is 13.8 Å². The lowest BCUT2D eigenvalue weighted by molar-refractivity contribution is -0.135. The van der Waals surface area contributed by atoms with Gasteiger partial charge in [-0.1, -0.05) is 58.1 Å². The molecule has 0 radical (unpaired) electrons.